The second-order valence-electron chi connectivity index (χ2n) is 10.3. The molecule has 174 valence electrons. The van der Waals surface area contributed by atoms with Crippen molar-refractivity contribution in [2.75, 3.05) is 6.61 Å². The van der Waals surface area contributed by atoms with Crippen LogP contribution in [0.3, 0.4) is 0 Å². The first-order chi connectivity index (χ1) is 12.4. The van der Waals surface area contributed by atoms with Gasteiger partial charge in [-0.3, -0.25) is 4.52 Å². The summed E-state index contributed by atoms with van der Waals surface area (Å²) < 4.78 is 21.1. The normalized spacial score (nSPS) is 20.5. The molecule has 0 saturated heterocycles. The summed E-state index contributed by atoms with van der Waals surface area (Å²) in [5, 5.41) is 43.4. The maximum Gasteiger partial charge on any atom is 0.469 e. The van der Waals surface area contributed by atoms with Gasteiger partial charge in [0, 0.05) is 5.41 Å². The molecule has 0 bridgehead atoms. The smallest absolute Gasteiger partial charge is 0.469 e. The highest BCUT2D eigenvalue weighted by Gasteiger charge is 2.72. The van der Waals surface area contributed by atoms with Gasteiger partial charge in [0.25, 0.3) is 0 Å². The predicted molar refractivity (Wildman–Crippen MR) is 105 cm³/mol. The van der Waals surface area contributed by atoms with E-state index in [1.54, 1.807) is 20.8 Å². The molecule has 3 unspecified atom stereocenters. The predicted octanol–water partition coefficient (Wildman–Crippen LogP) is 1.28. The fourth-order valence-corrected chi connectivity index (χ4v) is 3.86. The molecule has 0 aromatic carbocycles. The molecule has 0 aromatic heterocycles. The Bertz CT molecular complexity index is 624. The van der Waals surface area contributed by atoms with Crippen LogP contribution in [0.4, 0.5) is 0 Å². The number of carboxylic acids is 1. The Morgan fingerprint density at radius 2 is 1.34 bits per heavy atom. The monoisotopic (exact) mass is 444 g/mol. The van der Waals surface area contributed by atoms with Gasteiger partial charge in [0.1, 0.15) is 17.8 Å². The van der Waals surface area contributed by atoms with E-state index in [1.165, 1.54) is 41.5 Å². The first-order valence-electron chi connectivity index (χ1n) is 9.16. The maximum absolute atomic E-state index is 12.6. The van der Waals surface area contributed by atoms with E-state index in [1.807, 2.05) is 0 Å². The molecule has 0 aliphatic carbocycles. The van der Waals surface area contributed by atoms with Gasteiger partial charge in [-0.15, -0.1) is 0 Å². The number of aliphatic hydroxyl groups excluding tert-OH is 2. The van der Waals surface area contributed by atoms with Crippen LogP contribution in [0.1, 0.15) is 62.3 Å². The molecule has 29 heavy (non-hydrogen) atoms. The van der Waals surface area contributed by atoms with Crippen molar-refractivity contribution >= 4 is 13.8 Å². The number of phosphoric acid groups is 1. The minimum atomic E-state index is -4.98. The van der Waals surface area contributed by atoms with E-state index in [-0.39, 0.29) is 0 Å². The zero-order valence-electron chi connectivity index (χ0n) is 18.6. The molecule has 0 amide bonds. The number of carbonyl (C=O) groups is 1. The summed E-state index contributed by atoms with van der Waals surface area (Å²) in [6.45, 7) is 12.6. The third kappa shape index (κ3) is 5.98. The van der Waals surface area contributed by atoms with Crippen molar-refractivity contribution in [3.05, 3.63) is 0 Å². The van der Waals surface area contributed by atoms with E-state index in [0.717, 1.165) is 0 Å². The summed E-state index contributed by atoms with van der Waals surface area (Å²) in [6, 6.07) is 0. The lowest BCUT2D eigenvalue weighted by molar-refractivity contribution is -0.324. The largest absolute Gasteiger partial charge is 0.479 e. The average molecular weight is 444 g/mol. The van der Waals surface area contributed by atoms with E-state index in [0.29, 0.717) is 0 Å². The molecule has 0 aromatic rings. The molecule has 0 rings (SSSR count). The number of rotatable bonds is 8. The van der Waals surface area contributed by atoms with E-state index in [9.17, 15) is 29.8 Å². The minimum Gasteiger partial charge on any atom is -0.479 e. The molecule has 0 radical (unpaired) electrons. The summed E-state index contributed by atoms with van der Waals surface area (Å²) in [5.74, 6) is -1.57. The molecule has 0 aliphatic heterocycles. The van der Waals surface area contributed by atoms with Crippen LogP contribution in [0.15, 0.2) is 0 Å². The number of aliphatic hydroxyl groups is 3. The van der Waals surface area contributed by atoms with Gasteiger partial charge in [0.15, 0.2) is 0 Å². The van der Waals surface area contributed by atoms with Crippen molar-refractivity contribution in [3.8, 4) is 0 Å². The van der Waals surface area contributed by atoms with Crippen LogP contribution in [0.2, 0.25) is 0 Å². The Balaban J connectivity index is 6.85. The van der Waals surface area contributed by atoms with Gasteiger partial charge < -0.3 is 34.9 Å². The molecular formula is C18H37O10P. The molecule has 4 atom stereocenters. The lowest BCUT2D eigenvalue weighted by Gasteiger charge is -2.60. The molecule has 0 spiro atoms. The maximum atomic E-state index is 12.6. The lowest BCUT2D eigenvalue weighted by Crippen LogP contribution is -2.79. The Hall–Kier alpha value is -0.580. The van der Waals surface area contributed by atoms with Crippen LogP contribution in [0, 0.1) is 10.8 Å². The zero-order chi connectivity index (χ0) is 23.9. The highest BCUT2D eigenvalue weighted by molar-refractivity contribution is 7.46. The van der Waals surface area contributed by atoms with Crippen LogP contribution in [-0.4, -0.2) is 71.8 Å². The van der Waals surface area contributed by atoms with Crippen molar-refractivity contribution in [1.29, 1.82) is 0 Å². The van der Waals surface area contributed by atoms with Gasteiger partial charge in [0.05, 0.1) is 12.2 Å². The molecule has 6 N–H and O–H groups in total. The molecule has 0 heterocycles. The molecule has 0 fully saturated rings. The van der Waals surface area contributed by atoms with E-state index in [4.69, 9.17) is 14.5 Å². The Kier molecular flexibility index (Phi) is 8.34. The van der Waals surface area contributed by atoms with Crippen molar-refractivity contribution in [3.63, 3.8) is 0 Å². The summed E-state index contributed by atoms with van der Waals surface area (Å²) in [4.78, 5) is 30.4. The Labute approximate surface area is 172 Å². The fourth-order valence-electron chi connectivity index (χ4n) is 3.51. The number of aliphatic carboxylic acids is 1. The van der Waals surface area contributed by atoms with Crippen LogP contribution >= 0.6 is 7.82 Å². The van der Waals surface area contributed by atoms with Crippen molar-refractivity contribution in [2.45, 2.75) is 91.3 Å². The molecular weight excluding hydrogens is 407 g/mol. The van der Waals surface area contributed by atoms with Crippen molar-refractivity contribution in [1.82, 2.24) is 0 Å². The Morgan fingerprint density at radius 1 is 0.931 bits per heavy atom. The third-order valence-electron chi connectivity index (χ3n) is 4.70. The second kappa shape index (κ2) is 8.51. The minimum absolute atomic E-state index is 1.04. The third-order valence-corrected chi connectivity index (χ3v) is 5.19. The highest BCUT2D eigenvalue weighted by atomic mass is 31.2. The number of phosphoric ester groups is 1. The number of carboxylic acid groups (broad SMARTS) is 1. The number of hydrogen-bond donors (Lipinski definition) is 6. The fraction of sp³-hybridized carbons (Fsp3) is 0.944. The van der Waals surface area contributed by atoms with Gasteiger partial charge in [-0.25, -0.2) is 9.36 Å². The SMILES string of the molecule is CC(C)(C)O[C@](C(=O)O)(C(C)(C)C)C(O)(C(O)C(O)COP(=O)(O)O)C(C)(C)C. The summed E-state index contributed by atoms with van der Waals surface area (Å²) >= 11 is 0. The average Bonchev–Trinajstić information content (AvgIpc) is 2.44. The van der Waals surface area contributed by atoms with Crippen molar-refractivity contribution < 1.29 is 48.8 Å². The summed E-state index contributed by atoms with van der Waals surface area (Å²) in [5.41, 5.74) is -8.85. The van der Waals surface area contributed by atoms with Crippen LogP contribution in [0.5, 0.6) is 0 Å². The van der Waals surface area contributed by atoms with Gasteiger partial charge in [-0.2, -0.15) is 0 Å². The van der Waals surface area contributed by atoms with Crippen molar-refractivity contribution in [2.24, 2.45) is 10.8 Å². The van der Waals surface area contributed by atoms with Gasteiger partial charge in [-0.05, 0) is 26.2 Å². The summed E-state index contributed by atoms with van der Waals surface area (Å²) in [6.07, 6.45) is -4.23. The zero-order valence-corrected chi connectivity index (χ0v) is 19.5. The first kappa shape index (κ1) is 28.4. The topological polar surface area (TPSA) is 174 Å². The highest BCUT2D eigenvalue weighted by Crippen LogP contribution is 2.54. The lowest BCUT2D eigenvalue weighted by atomic mass is 9.54. The van der Waals surface area contributed by atoms with Gasteiger partial charge in [0.2, 0.25) is 5.60 Å². The van der Waals surface area contributed by atoms with Crippen LogP contribution in [0.25, 0.3) is 0 Å². The first-order valence-corrected chi connectivity index (χ1v) is 10.7. The van der Waals surface area contributed by atoms with E-state index < -0.39 is 60.2 Å². The quantitative estimate of drug-likeness (QED) is 0.299. The number of hydrogen-bond acceptors (Lipinski definition) is 7. The van der Waals surface area contributed by atoms with Gasteiger partial charge >= 0.3 is 13.8 Å². The molecule has 0 saturated carbocycles. The number of ether oxygens (including phenoxy) is 1. The second-order valence-corrected chi connectivity index (χ2v) is 11.5. The Morgan fingerprint density at radius 3 is 1.59 bits per heavy atom. The molecule has 11 heteroatoms. The van der Waals surface area contributed by atoms with Crippen LogP contribution in [-0.2, 0) is 18.6 Å². The molecule has 10 nitrogen and oxygen atoms in total. The standard InChI is InChI=1S/C18H37O10P/c1-14(2,3)17(23,12(20)11(19)10-27-29(24,25)26)18(13(21)22,15(4,5)6)28-16(7,8)9/h11-12,19-20,23H,10H2,1-9H3,(H,21,22)(H2,24,25,26)/t11?,12?,17?,18-/m1/s1. The summed E-state index contributed by atoms with van der Waals surface area (Å²) in [7, 11) is -4.98. The van der Waals surface area contributed by atoms with E-state index >= 15 is 0 Å². The van der Waals surface area contributed by atoms with Crippen LogP contribution < -0.4 is 0 Å². The molecule has 0 aliphatic rings. The van der Waals surface area contributed by atoms with Gasteiger partial charge in [-0.1, -0.05) is 41.5 Å². The van der Waals surface area contributed by atoms with E-state index in [2.05, 4.69) is 4.52 Å².